The van der Waals surface area contributed by atoms with Crippen molar-refractivity contribution in [1.29, 1.82) is 0 Å². The Kier molecular flexibility index (Phi) is 3.98. The fourth-order valence-electron chi connectivity index (χ4n) is 3.76. The summed E-state index contributed by atoms with van der Waals surface area (Å²) < 4.78 is 24.5. The standard InChI is InChI=1S/C23H14FNO4/c24-15-3-1-13(2-4-15)18-12-28-23-16(22(18)27)5-6-19-21(23)17(11-20(26)29-19)14-7-9-25-10-8-14/h1-10,12,17H,11H2/t17-/m1/s1. The largest absolute Gasteiger partial charge is 0.463 e. The van der Waals surface area contributed by atoms with Crippen molar-refractivity contribution in [1.82, 2.24) is 4.98 Å². The Labute approximate surface area is 164 Å². The van der Waals surface area contributed by atoms with Gasteiger partial charge in [-0.2, -0.15) is 0 Å². The molecule has 0 aliphatic carbocycles. The second kappa shape index (κ2) is 6.67. The average molecular weight is 387 g/mol. The fraction of sp³-hybridized carbons (Fsp3) is 0.0870. The van der Waals surface area contributed by atoms with Crippen LogP contribution in [0.3, 0.4) is 0 Å². The molecular formula is C23H14FNO4. The lowest BCUT2D eigenvalue weighted by atomic mass is 9.85. The number of nitrogens with zero attached hydrogens (tertiary/aromatic N) is 1. The zero-order chi connectivity index (χ0) is 20.0. The number of carbonyl (C=O) groups is 1. The molecule has 3 heterocycles. The lowest BCUT2D eigenvalue weighted by Crippen LogP contribution is -2.22. The maximum Gasteiger partial charge on any atom is 0.312 e. The lowest BCUT2D eigenvalue weighted by Gasteiger charge is -2.25. The molecule has 0 saturated carbocycles. The number of ether oxygens (including phenoxy) is 1. The van der Waals surface area contributed by atoms with Crippen LogP contribution in [0, 0.1) is 5.82 Å². The average Bonchev–Trinajstić information content (AvgIpc) is 2.74. The molecule has 6 heteroatoms. The van der Waals surface area contributed by atoms with Crippen LogP contribution in [0.25, 0.3) is 22.1 Å². The Morgan fingerprint density at radius 1 is 0.966 bits per heavy atom. The Morgan fingerprint density at radius 2 is 1.72 bits per heavy atom. The SMILES string of the molecule is O=C1C[C@H](c2ccncc2)c2c(ccc3c(=O)c(-c4ccc(F)cc4)coc23)O1. The third-order valence-corrected chi connectivity index (χ3v) is 5.15. The molecular weight excluding hydrogens is 373 g/mol. The monoisotopic (exact) mass is 387 g/mol. The summed E-state index contributed by atoms with van der Waals surface area (Å²) in [6, 6.07) is 12.5. The first-order valence-electron chi connectivity index (χ1n) is 9.07. The molecule has 4 aromatic rings. The van der Waals surface area contributed by atoms with Gasteiger partial charge in [0, 0.05) is 23.9 Å². The van der Waals surface area contributed by atoms with Gasteiger partial charge in [-0.15, -0.1) is 0 Å². The number of rotatable bonds is 2. The van der Waals surface area contributed by atoms with Gasteiger partial charge in [0.05, 0.1) is 17.4 Å². The number of esters is 1. The number of fused-ring (bicyclic) bond motifs is 3. The van der Waals surface area contributed by atoms with Gasteiger partial charge in [-0.3, -0.25) is 14.6 Å². The minimum absolute atomic E-state index is 0.138. The normalized spacial score (nSPS) is 15.8. The van der Waals surface area contributed by atoms with E-state index in [-0.39, 0.29) is 29.6 Å². The minimum atomic E-state index is -0.380. The van der Waals surface area contributed by atoms with Crippen molar-refractivity contribution in [2.45, 2.75) is 12.3 Å². The molecule has 0 fully saturated rings. The van der Waals surface area contributed by atoms with Crippen LogP contribution in [0.5, 0.6) is 5.75 Å². The van der Waals surface area contributed by atoms with E-state index in [9.17, 15) is 14.0 Å². The summed E-state index contributed by atoms with van der Waals surface area (Å²) in [5.41, 5.74) is 2.60. The van der Waals surface area contributed by atoms with E-state index in [4.69, 9.17) is 9.15 Å². The minimum Gasteiger partial charge on any atom is -0.463 e. The number of hydrogen-bond donors (Lipinski definition) is 0. The first-order valence-corrected chi connectivity index (χ1v) is 9.07. The summed E-state index contributed by atoms with van der Waals surface area (Å²) in [6.45, 7) is 0. The molecule has 0 unspecified atom stereocenters. The molecule has 1 aliphatic heterocycles. The van der Waals surface area contributed by atoms with E-state index in [2.05, 4.69) is 4.98 Å². The van der Waals surface area contributed by atoms with E-state index >= 15 is 0 Å². The van der Waals surface area contributed by atoms with Crippen LogP contribution in [-0.4, -0.2) is 11.0 Å². The maximum atomic E-state index is 13.2. The van der Waals surface area contributed by atoms with E-state index in [1.165, 1.54) is 30.5 Å². The first-order chi connectivity index (χ1) is 14.1. The smallest absolute Gasteiger partial charge is 0.312 e. The zero-order valence-electron chi connectivity index (χ0n) is 15.1. The van der Waals surface area contributed by atoms with Crippen LogP contribution in [-0.2, 0) is 4.79 Å². The van der Waals surface area contributed by atoms with Crippen molar-refractivity contribution in [3.63, 3.8) is 0 Å². The van der Waals surface area contributed by atoms with Gasteiger partial charge < -0.3 is 9.15 Å². The molecule has 0 N–H and O–H groups in total. The van der Waals surface area contributed by atoms with Crippen LogP contribution < -0.4 is 10.2 Å². The highest BCUT2D eigenvalue weighted by molar-refractivity contribution is 5.90. The maximum absolute atomic E-state index is 13.2. The number of hydrogen-bond acceptors (Lipinski definition) is 5. The molecule has 0 amide bonds. The molecule has 2 aromatic carbocycles. The molecule has 0 spiro atoms. The van der Waals surface area contributed by atoms with E-state index in [1.807, 2.05) is 12.1 Å². The fourth-order valence-corrected chi connectivity index (χ4v) is 3.76. The highest BCUT2D eigenvalue weighted by Gasteiger charge is 2.32. The van der Waals surface area contributed by atoms with Crippen molar-refractivity contribution in [3.8, 4) is 16.9 Å². The van der Waals surface area contributed by atoms with Crippen molar-refractivity contribution < 1.29 is 18.3 Å². The van der Waals surface area contributed by atoms with Gasteiger partial charge in [0.1, 0.15) is 23.4 Å². The van der Waals surface area contributed by atoms with Gasteiger partial charge in [-0.25, -0.2) is 4.39 Å². The van der Waals surface area contributed by atoms with E-state index in [1.54, 1.807) is 24.5 Å². The van der Waals surface area contributed by atoms with Gasteiger partial charge in [0.25, 0.3) is 0 Å². The third-order valence-electron chi connectivity index (χ3n) is 5.15. The van der Waals surface area contributed by atoms with Crippen LogP contribution in [0.4, 0.5) is 4.39 Å². The molecule has 5 nitrogen and oxygen atoms in total. The second-order valence-corrected chi connectivity index (χ2v) is 6.85. The predicted octanol–water partition coefficient (Wildman–Crippen LogP) is 4.44. The third kappa shape index (κ3) is 2.89. The van der Waals surface area contributed by atoms with Crippen LogP contribution in [0.2, 0.25) is 0 Å². The van der Waals surface area contributed by atoms with Gasteiger partial charge >= 0.3 is 5.97 Å². The number of halogens is 1. The Balaban J connectivity index is 1.74. The Bertz CT molecular complexity index is 1300. The first kappa shape index (κ1) is 17.3. The molecule has 0 radical (unpaired) electrons. The van der Waals surface area contributed by atoms with Gasteiger partial charge in [0.2, 0.25) is 5.43 Å². The van der Waals surface area contributed by atoms with Crippen LogP contribution >= 0.6 is 0 Å². The predicted molar refractivity (Wildman–Crippen MR) is 104 cm³/mol. The number of aromatic nitrogens is 1. The summed E-state index contributed by atoms with van der Waals surface area (Å²) >= 11 is 0. The van der Waals surface area contributed by atoms with Crippen molar-refractivity contribution in [3.05, 3.63) is 94.4 Å². The molecule has 1 atom stereocenters. The van der Waals surface area contributed by atoms with Gasteiger partial charge in [-0.1, -0.05) is 12.1 Å². The summed E-state index contributed by atoms with van der Waals surface area (Å²) in [6.07, 6.45) is 4.82. The second-order valence-electron chi connectivity index (χ2n) is 6.85. The van der Waals surface area contributed by atoms with Crippen LogP contribution in [0.15, 0.2) is 76.4 Å². The molecule has 0 saturated heterocycles. The van der Waals surface area contributed by atoms with Gasteiger partial charge in [-0.05, 0) is 47.5 Å². The quantitative estimate of drug-likeness (QED) is 0.376. The van der Waals surface area contributed by atoms with Crippen molar-refractivity contribution in [2.75, 3.05) is 0 Å². The summed E-state index contributed by atoms with van der Waals surface area (Å²) in [5.74, 6) is -0.648. The molecule has 5 rings (SSSR count). The zero-order valence-corrected chi connectivity index (χ0v) is 15.1. The van der Waals surface area contributed by atoms with Crippen LogP contribution in [0.1, 0.15) is 23.5 Å². The molecule has 2 aromatic heterocycles. The topological polar surface area (TPSA) is 69.4 Å². The lowest BCUT2D eigenvalue weighted by molar-refractivity contribution is -0.135. The molecule has 1 aliphatic rings. The molecule has 0 bridgehead atoms. The summed E-state index contributed by atoms with van der Waals surface area (Å²) in [7, 11) is 0. The van der Waals surface area contributed by atoms with E-state index in [0.717, 1.165) is 5.56 Å². The summed E-state index contributed by atoms with van der Waals surface area (Å²) in [4.78, 5) is 29.3. The van der Waals surface area contributed by atoms with Crippen molar-refractivity contribution in [2.24, 2.45) is 0 Å². The number of benzene rings is 2. The van der Waals surface area contributed by atoms with E-state index < -0.39 is 0 Å². The highest BCUT2D eigenvalue weighted by Crippen LogP contribution is 2.42. The van der Waals surface area contributed by atoms with E-state index in [0.29, 0.717) is 33.4 Å². The Morgan fingerprint density at radius 3 is 2.48 bits per heavy atom. The molecule has 29 heavy (non-hydrogen) atoms. The number of pyridine rings is 1. The Hall–Kier alpha value is -3.80. The van der Waals surface area contributed by atoms with Crippen molar-refractivity contribution >= 4 is 16.9 Å². The molecule has 142 valence electrons. The highest BCUT2D eigenvalue weighted by atomic mass is 19.1. The van der Waals surface area contributed by atoms with Gasteiger partial charge in [0.15, 0.2) is 0 Å². The number of carbonyl (C=O) groups excluding carboxylic acids is 1. The summed E-state index contributed by atoms with van der Waals surface area (Å²) in [5, 5.41) is 0.377.